The molecule has 78 valence electrons. The van der Waals surface area contributed by atoms with E-state index < -0.39 is 6.43 Å². The van der Waals surface area contributed by atoms with E-state index in [1.54, 1.807) is 6.07 Å². The third kappa shape index (κ3) is 2.52. The molecule has 0 saturated carbocycles. The van der Waals surface area contributed by atoms with Gasteiger partial charge in [-0.1, -0.05) is 0 Å². The maximum Gasteiger partial charge on any atom is 0.280 e. The lowest BCUT2D eigenvalue weighted by Crippen LogP contribution is -2.04. The topological polar surface area (TPSA) is 33.1 Å². The van der Waals surface area contributed by atoms with Gasteiger partial charge in [0.2, 0.25) is 0 Å². The van der Waals surface area contributed by atoms with E-state index in [1.807, 2.05) is 22.6 Å². The highest BCUT2D eigenvalue weighted by atomic mass is 127. The molecule has 0 atom stereocenters. The molecule has 0 saturated heterocycles. The number of aromatic nitrogens is 1. The van der Waals surface area contributed by atoms with Crippen molar-refractivity contribution in [1.82, 2.24) is 4.98 Å². The average molecular weight is 334 g/mol. The molecular weight excluding hydrogens is 326 g/mol. The van der Waals surface area contributed by atoms with Gasteiger partial charge in [-0.05, 0) is 39.8 Å². The summed E-state index contributed by atoms with van der Waals surface area (Å²) in [5.74, 6) is -0.0700. The van der Waals surface area contributed by atoms with Crippen LogP contribution < -0.4 is 0 Å². The summed E-state index contributed by atoms with van der Waals surface area (Å²) >= 11 is 7.35. The lowest BCUT2D eigenvalue weighted by Gasteiger charge is -2.10. The molecule has 0 aromatic carbocycles. The average Bonchev–Trinajstić information content (AvgIpc) is 2.16. The van der Waals surface area contributed by atoms with Gasteiger partial charge in [0.1, 0.15) is 9.39 Å². The predicted molar refractivity (Wildman–Crippen MR) is 57.4 cm³/mol. The number of nitrogens with zero attached hydrogens (tertiary/aromatic N) is 1. The molecule has 0 unspecified atom stereocenters. The zero-order valence-corrected chi connectivity index (χ0v) is 9.89. The number of aliphatic hydroxyl groups is 1. The van der Waals surface area contributed by atoms with Gasteiger partial charge in [0, 0.05) is 5.88 Å². The molecule has 14 heavy (non-hydrogen) atoms. The quantitative estimate of drug-likeness (QED) is 0.524. The van der Waals surface area contributed by atoms with Gasteiger partial charge in [0.25, 0.3) is 6.43 Å². The molecule has 2 nitrogen and oxygen atoms in total. The fourth-order valence-corrected chi connectivity index (χ4v) is 2.03. The molecular formula is C8H7ClF2INO. The van der Waals surface area contributed by atoms with Crippen molar-refractivity contribution in [2.24, 2.45) is 0 Å². The second kappa shape index (κ2) is 5.18. The van der Waals surface area contributed by atoms with Crippen LogP contribution in [0.4, 0.5) is 8.78 Å². The van der Waals surface area contributed by atoms with E-state index in [1.165, 1.54) is 0 Å². The predicted octanol–water partition coefficient (Wildman–Crippen LogP) is 2.85. The van der Waals surface area contributed by atoms with Crippen LogP contribution in [0.25, 0.3) is 0 Å². The van der Waals surface area contributed by atoms with Crippen LogP contribution in [-0.2, 0) is 12.5 Å². The lowest BCUT2D eigenvalue weighted by atomic mass is 10.1. The Morgan fingerprint density at radius 2 is 2.21 bits per heavy atom. The van der Waals surface area contributed by atoms with Crippen LogP contribution in [0, 0.1) is 3.70 Å². The highest BCUT2D eigenvalue weighted by molar-refractivity contribution is 14.1. The zero-order valence-electron chi connectivity index (χ0n) is 6.98. The maximum absolute atomic E-state index is 12.5. The summed E-state index contributed by atoms with van der Waals surface area (Å²) < 4.78 is 25.4. The second-order valence-corrected chi connectivity index (χ2v) is 3.93. The van der Waals surface area contributed by atoms with E-state index in [0.717, 1.165) is 0 Å². The molecule has 0 fully saturated rings. The number of alkyl halides is 3. The minimum atomic E-state index is -2.66. The van der Waals surface area contributed by atoms with Crippen LogP contribution in [-0.4, -0.2) is 10.1 Å². The van der Waals surface area contributed by atoms with E-state index in [0.29, 0.717) is 9.26 Å². The normalized spacial score (nSPS) is 11.0. The van der Waals surface area contributed by atoms with Gasteiger partial charge in [0.05, 0.1) is 6.61 Å². The number of hydrogen-bond donors (Lipinski definition) is 1. The highest BCUT2D eigenvalue weighted by Gasteiger charge is 2.18. The van der Waals surface area contributed by atoms with Crippen LogP contribution in [0.2, 0.25) is 0 Å². The summed E-state index contributed by atoms with van der Waals surface area (Å²) in [4.78, 5) is 3.69. The first-order valence-corrected chi connectivity index (χ1v) is 5.34. The molecule has 0 radical (unpaired) electrons. The minimum absolute atomic E-state index is 0.0700. The zero-order chi connectivity index (χ0) is 10.7. The number of pyridine rings is 1. The number of aliphatic hydroxyl groups excluding tert-OH is 1. The molecule has 0 spiro atoms. The van der Waals surface area contributed by atoms with E-state index in [4.69, 9.17) is 16.7 Å². The number of halogens is 4. The Labute approximate surface area is 98.4 Å². The molecule has 1 rings (SSSR count). The first kappa shape index (κ1) is 12.1. The molecule has 0 bridgehead atoms. The van der Waals surface area contributed by atoms with E-state index >= 15 is 0 Å². The third-order valence-electron chi connectivity index (χ3n) is 1.73. The summed E-state index contributed by atoms with van der Waals surface area (Å²) in [6, 6.07) is 1.55. The summed E-state index contributed by atoms with van der Waals surface area (Å²) in [7, 11) is 0. The van der Waals surface area contributed by atoms with Crippen molar-refractivity contribution in [3.05, 3.63) is 26.6 Å². The molecule has 0 aliphatic carbocycles. The summed E-state index contributed by atoms with van der Waals surface area (Å²) in [5, 5.41) is 8.95. The molecule has 0 amide bonds. The Balaban J connectivity index is 3.31. The van der Waals surface area contributed by atoms with Crippen LogP contribution in [0.15, 0.2) is 6.07 Å². The fourth-order valence-electron chi connectivity index (χ4n) is 1.09. The summed E-state index contributed by atoms with van der Waals surface area (Å²) in [6.07, 6.45) is -2.66. The largest absolute Gasteiger partial charge is 0.392 e. The van der Waals surface area contributed by atoms with Gasteiger partial charge in [-0.25, -0.2) is 13.8 Å². The van der Waals surface area contributed by atoms with E-state index in [9.17, 15) is 8.78 Å². The maximum atomic E-state index is 12.5. The fraction of sp³-hybridized carbons (Fsp3) is 0.375. The van der Waals surface area contributed by atoms with Gasteiger partial charge in [-0.3, -0.25) is 0 Å². The third-order valence-corrected chi connectivity index (χ3v) is 2.55. The van der Waals surface area contributed by atoms with Crippen LogP contribution in [0.1, 0.15) is 23.2 Å². The minimum Gasteiger partial charge on any atom is -0.392 e. The Morgan fingerprint density at radius 3 is 2.64 bits per heavy atom. The lowest BCUT2D eigenvalue weighted by molar-refractivity contribution is 0.144. The van der Waals surface area contributed by atoms with Crippen molar-refractivity contribution in [2.75, 3.05) is 0 Å². The smallest absolute Gasteiger partial charge is 0.280 e. The SMILES string of the molecule is OCc1cc(I)nc(C(F)F)c1CCl. The van der Waals surface area contributed by atoms with Gasteiger partial charge >= 0.3 is 0 Å². The summed E-state index contributed by atoms with van der Waals surface area (Å²) in [5.41, 5.74) is 0.301. The van der Waals surface area contributed by atoms with Crippen molar-refractivity contribution < 1.29 is 13.9 Å². The standard InChI is InChI=1S/C8H7ClF2INO/c9-2-5-4(3-14)1-6(12)13-7(5)8(10)11/h1,8,14H,2-3H2. The second-order valence-electron chi connectivity index (χ2n) is 2.56. The van der Waals surface area contributed by atoms with Gasteiger partial charge in [-0.15, -0.1) is 11.6 Å². The van der Waals surface area contributed by atoms with Crippen molar-refractivity contribution in [3.8, 4) is 0 Å². The molecule has 1 aromatic heterocycles. The van der Waals surface area contributed by atoms with Crippen molar-refractivity contribution in [3.63, 3.8) is 0 Å². The van der Waals surface area contributed by atoms with Crippen LogP contribution >= 0.6 is 34.2 Å². The first-order chi connectivity index (χ1) is 6.60. The van der Waals surface area contributed by atoms with E-state index in [2.05, 4.69) is 4.98 Å². The van der Waals surface area contributed by atoms with Gasteiger partial charge in [0.15, 0.2) is 0 Å². The first-order valence-electron chi connectivity index (χ1n) is 3.73. The Bertz CT molecular complexity index is 335. The van der Waals surface area contributed by atoms with Gasteiger partial charge < -0.3 is 5.11 Å². The molecule has 1 heterocycles. The molecule has 0 aliphatic heterocycles. The molecule has 0 aliphatic rings. The number of hydrogen-bond acceptors (Lipinski definition) is 2. The summed E-state index contributed by atoms with van der Waals surface area (Å²) in [6.45, 7) is -0.305. The van der Waals surface area contributed by atoms with Crippen molar-refractivity contribution in [1.29, 1.82) is 0 Å². The Kier molecular flexibility index (Phi) is 4.46. The molecule has 6 heteroatoms. The van der Waals surface area contributed by atoms with Gasteiger partial charge in [-0.2, -0.15) is 0 Å². The van der Waals surface area contributed by atoms with Crippen LogP contribution in [0.3, 0.4) is 0 Å². The molecule has 1 aromatic rings. The van der Waals surface area contributed by atoms with E-state index in [-0.39, 0.29) is 23.7 Å². The van der Waals surface area contributed by atoms with Crippen molar-refractivity contribution in [2.45, 2.75) is 18.9 Å². The van der Waals surface area contributed by atoms with Crippen LogP contribution in [0.5, 0.6) is 0 Å². The monoisotopic (exact) mass is 333 g/mol. The Hall–Kier alpha value is -0.0100. The highest BCUT2D eigenvalue weighted by Crippen LogP contribution is 2.26. The number of rotatable bonds is 3. The van der Waals surface area contributed by atoms with Crippen molar-refractivity contribution >= 4 is 34.2 Å². The Morgan fingerprint density at radius 1 is 1.57 bits per heavy atom. The molecule has 1 N–H and O–H groups in total.